The largest absolute Gasteiger partial charge is 0.384 e. The lowest BCUT2D eigenvalue weighted by Crippen LogP contribution is -2.32. The van der Waals surface area contributed by atoms with Gasteiger partial charge in [0, 0.05) is 19.2 Å². The van der Waals surface area contributed by atoms with Gasteiger partial charge in [0.25, 0.3) is 10.2 Å². The summed E-state index contributed by atoms with van der Waals surface area (Å²) in [5.74, 6) is 5.19. The van der Waals surface area contributed by atoms with Crippen LogP contribution in [0.2, 0.25) is 0 Å². The minimum absolute atomic E-state index is 0.176. The smallest absolute Gasteiger partial charge is 0.299 e. The second kappa shape index (κ2) is 7.87. The summed E-state index contributed by atoms with van der Waals surface area (Å²) in [5, 5.41) is 8.71. The Labute approximate surface area is 119 Å². The summed E-state index contributed by atoms with van der Waals surface area (Å²) in [7, 11) is -2.19. The Hall–Kier alpha value is -1.59. The van der Waals surface area contributed by atoms with Crippen LogP contribution in [0.25, 0.3) is 0 Å². The topological polar surface area (TPSA) is 87.7 Å². The van der Waals surface area contributed by atoms with Crippen LogP contribution in [-0.4, -0.2) is 40.4 Å². The Morgan fingerprint density at radius 3 is 2.80 bits per heavy atom. The molecule has 0 aromatic heterocycles. The number of aliphatic hydroxyl groups excluding tert-OH is 1. The van der Waals surface area contributed by atoms with Crippen molar-refractivity contribution in [1.29, 1.82) is 0 Å². The average molecular weight is 298 g/mol. The van der Waals surface area contributed by atoms with Gasteiger partial charge in [-0.1, -0.05) is 17.9 Å². The number of rotatable bonds is 6. The Morgan fingerprint density at radius 1 is 1.40 bits per heavy atom. The van der Waals surface area contributed by atoms with Crippen molar-refractivity contribution in [2.24, 2.45) is 0 Å². The maximum atomic E-state index is 11.8. The molecule has 110 valence electrons. The molecule has 1 aromatic rings. The van der Waals surface area contributed by atoms with Gasteiger partial charge in [0.15, 0.2) is 0 Å². The van der Waals surface area contributed by atoms with Gasteiger partial charge in [0.1, 0.15) is 6.61 Å². The number of benzene rings is 1. The van der Waals surface area contributed by atoms with Crippen molar-refractivity contribution in [3.8, 4) is 11.8 Å². The van der Waals surface area contributed by atoms with Crippen molar-refractivity contribution in [1.82, 2.24) is 4.72 Å². The van der Waals surface area contributed by atoms with Crippen molar-refractivity contribution in [3.63, 3.8) is 0 Å². The van der Waals surface area contributed by atoms with E-state index < -0.39 is 10.2 Å². The van der Waals surface area contributed by atoms with Crippen LogP contribution in [-0.2, 0) is 14.9 Å². The van der Waals surface area contributed by atoms with E-state index in [1.54, 1.807) is 12.1 Å². The van der Waals surface area contributed by atoms with Gasteiger partial charge in [-0.2, -0.15) is 13.1 Å². The fourth-order valence-corrected chi connectivity index (χ4v) is 2.33. The van der Waals surface area contributed by atoms with E-state index in [1.165, 1.54) is 7.11 Å². The highest BCUT2D eigenvalue weighted by atomic mass is 32.2. The number of hydrogen-bond acceptors (Lipinski definition) is 4. The molecule has 0 radical (unpaired) electrons. The summed E-state index contributed by atoms with van der Waals surface area (Å²) in [5.41, 5.74) is 1.77. The number of nitrogens with one attached hydrogen (secondary N) is 2. The van der Waals surface area contributed by atoms with Crippen molar-refractivity contribution in [2.75, 3.05) is 31.6 Å². The number of anilines is 1. The monoisotopic (exact) mass is 298 g/mol. The summed E-state index contributed by atoms with van der Waals surface area (Å²) < 4.78 is 33.2. The third kappa shape index (κ3) is 5.59. The molecule has 6 nitrogen and oxygen atoms in total. The highest BCUT2D eigenvalue weighted by molar-refractivity contribution is 7.90. The van der Waals surface area contributed by atoms with Crippen LogP contribution in [0.1, 0.15) is 11.1 Å². The average Bonchev–Trinajstić information content (AvgIpc) is 2.37. The Bertz CT molecular complexity index is 603. The van der Waals surface area contributed by atoms with E-state index >= 15 is 0 Å². The Balaban J connectivity index is 2.92. The molecule has 0 saturated heterocycles. The molecule has 0 heterocycles. The van der Waals surface area contributed by atoms with E-state index in [9.17, 15) is 8.42 Å². The summed E-state index contributed by atoms with van der Waals surface area (Å²) in [6, 6.07) is 5.19. The summed E-state index contributed by atoms with van der Waals surface area (Å²) in [6.45, 7) is 2.02. The number of ether oxygens (including phenoxy) is 1. The van der Waals surface area contributed by atoms with Crippen LogP contribution in [0.3, 0.4) is 0 Å². The van der Waals surface area contributed by atoms with E-state index in [4.69, 9.17) is 9.84 Å². The predicted molar refractivity (Wildman–Crippen MR) is 77.6 cm³/mol. The maximum Gasteiger partial charge on any atom is 0.299 e. The minimum atomic E-state index is -3.68. The molecule has 0 aliphatic heterocycles. The Kier molecular flexibility index (Phi) is 6.48. The molecule has 0 saturated carbocycles. The molecule has 1 rings (SSSR count). The lowest BCUT2D eigenvalue weighted by atomic mass is 10.1. The van der Waals surface area contributed by atoms with Gasteiger partial charge in [0.2, 0.25) is 0 Å². The number of aliphatic hydroxyl groups is 1. The first-order valence-corrected chi connectivity index (χ1v) is 7.43. The zero-order valence-electron chi connectivity index (χ0n) is 11.4. The molecule has 0 aliphatic carbocycles. The molecule has 0 spiro atoms. The molecular formula is C13H18N2O4S. The van der Waals surface area contributed by atoms with Crippen LogP contribution in [0.15, 0.2) is 18.2 Å². The maximum absolute atomic E-state index is 11.8. The standard InChI is InChI=1S/C13H18N2O4S/c1-11-5-6-12(4-3-8-16)13(10-11)15-20(17,18)14-7-9-19-2/h5-6,10,14-16H,7-9H2,1-2H3. The number of methoxy groups -OCH3 is 1. The van der Waals surface area contributed by atoms with Gasteiger partial charge < -0.3 is 9.84 Å². The van der Waals surface area contributed by atoms with Gasteiger partial charge in [-0.3, -0.25) is 4.72 Å². The van der Waals surface area contributed by atoms with E-state index in [0.717, 1.165) is 5.56 Å². The second-order valence-electron chi connectivity index (χ2n) is 4.00. The Morgan fingerprint density at radius 2 is 2.15 bits per heavy atom. The molecule has 0 unspecified atom stereocenters. The van der Waals surface area contributed by atoms with Crippen molar-refractivity contribution in [3.05, 3.63) is 29.3 Å². The fraction of sp³-hybridized carbons (Fsp3) is 0.385. The molecular weight excluding hydrogens is 280 g/mol. The molecule has 0 bridgehead atoms. The minimum Gasteiger partial charge on any atom is -0.384 e. The van der Waals surface area contributed by atoms with Crippen LogP contribution in [0.4, 0.5) is 5.69 Å². The highest BCUT2D eigenvalue weighted by Crippen LogP contribution is 2.17. The molecule has 7 heteroatoms. The van der Waals surface area contributed by atoms with Crippen LogP contribution < -0.4 is 9.44 Å². The third-order valence-electron chi connectivity index (χ3n) is 2.32. The molecule has 0 fully saturated rings. The van der Waals surface area contributed by atoms with E-state index in [2.05, 4.69) is 21.3 Å². The molecule has 0 atom stereocenters. The quantitative estimate of drug-likeness (QED) is 0.518. The van der Waals surface area contributed by atoms with Crippen LogP contribution in [0, 0.1) is 18.8 Å². The number of aryl methyl sites for hydroxylation is 1. The molecule has 20 heavy (non-hydrogen) atoms. The molecule has 0 amide bonds. The zero-order chi connectivity index (χ0) is 15.0. The van der Waals surface area contributed by atoms with E-state index in [1.807, 2.05) is 13.0 Å². The van der Waals surface area contributed by atoms with Gasteiger partial charge in [-0.15, -0.1) is 0 Å². The first-order valence-electron chi connectivity index (χ1n) is 5.95. The zero-order valence-corrected chi connectivity index (χ0v) is 12.3. The van der Waals surface area contributed by atoms with Crippen molar-refractivity contribution < 1.29 is 18.3 Å². The lowest BCUT2D eigenvalue weighted by molar-refractivity contribution is 0.204. The summed E-state index contributed by atoms with van der Waals surface area (Å²) in [4.78, 5) is 0. The molecule has 3 N–H and O–H groups in total. The molecule has 1 aromatic carbocycles. The first kappa shape index (κ1) is 16.5. The van der Waals surface area contributed by atoms with Crippen LogP contribution >= 0.6 is 0 Å². The van der Waals surface area contributed by atoms with Crippen molar-refractivity contribution >= 4 is 15.9 Å². The highest BCUT2D eigenvalue weighted by Gasteiger charge is 2.11. The second-order valence-corrected chi connectivity index (χ2v) is 5.50. The lowest BCUT2D eigenvalue weighted by Gasteiger charge is -2.11. The van der Waals surface area contributed by atoms with E-state index in [0.29, 0.717) is 11.3 Å². The van der Waals surface area contributed by atoms with Gasteiger partial charge >= 0.3 is 0 Å². The SMILES string of the molecule is COCCNS(=O)(=O)Nc1cc(C)ccc1C#CCO. The first-order chi connectivity index (χ1) is 9.48. The predicted octanol–water partition coefficient (Wildman–Crippen LogP) is 0.232. The van der Waals surface area contributed by atoms with Gasteiger partial charge in [-0.05, 0) is 24.6 Å². The van der Waals surface area contributed by atoms with Crippen molar-refractivity contribution in [2.45, 2.75) is 6.92 Å². The van der Waals surface area contributed by atoms with Gasteiger partial charge in [0.05, 0.1) is 12.3 Å². The van der Waals surface area contributed by atoms with Crippen LogP contribution in [0.5, 0.6) is 0 Å². The third-order valence-corrected chi connectivity index (χ3v) is 3.39. The van der Waals surface area contributed by atoms with Gasteiger partial charge in [-0.25, -0.2) is 0 Å². The summed E-state index contributed by atoms with van der Waals surface area (Å²) >= 11 is 0. The van der Waals surface area contributed by atoms with E-state index in [-0.39, 0.29) is 19.8 Å². The fourth-order valence-electron chi connectivity index (χ4n) is 1.45. The molecule has 0 aliphatic rings. The number of hydrogen-bond donors (Lipinski definition) is 3. The normalized spacial score (nSPS) is 10.8. The summed E-state index contributed by atoms with van der Waals surface area (Å²) in [6.07, 6.45) is 0.